The fourth-order valence-corrected chi connectivity index (χ4v) is 1.48. The van der Waals surface area contributed by atoms with Gasteiger partial charge in [-0.3, -0.25) is 4.98 Å². The van der Waals surface area contributed by atoms with Gasteiger partial charge >= 0.3 is 0 Å². The van der Waals surface area contributed by atoms with E-state index in [-0.39, 0.29) is 11.9 Å². The highest BCUT2D eigenvalue weighted by molar-refractivity contribution is 5.26. The predicted octanol–water partition coefficient (Wildman–Crippen LogP) is 1.50. The molecule has 1 aromatic heterocycles. The van der Waals surface area contributed by atoms with Crippen molar-refractivity contribution < 1.29 is 9.23 Å². The molecule has 1 N–H and O–H groups in total. The third kappa shape index (κ3) is 1.55. The highest BCUT2D eigenvalue weighted by Gasteiger charge is 2.20. The molecular formula is C9H11FN2O. The topological polar surface area (TPSA) is 34.1 Å². The number of pyridine rings is 1. The van der Waals surface area contributed by atoms with E-state index in [1.54, 1.807) is 13.1 Å². The Morgan fingerprint density at radius 1 is 1.62 bits per heavy atom. The van der Waals surface area contributed by atoms with Crippen molar-refractivity contribution in [1.29, 1.82) is 0 Å². The van der Waals surface area contributed by atoms with Crippen molar-refractivity contribution in [3.63, 3.8) is 0 Å². The van der Waals surface area contributed by atoms with E-state index in [2.05, 4.69) is 10.5 Å². The van der Waals surface area contributed by atoms with Crippen molar-refractivity contribution in [3.8, 4) is 0 Å². The van der Waals surface area contributed by atoms with Gasteiger partial charge in [0.25, 0.3) is 0 Å². The maximum atomic E-state index is 13.1. The van der Waals surface area contributed by atoms with Gasteiger partial charge in [0.05, 0.1) is 18.8 Å². The monoisotopic (exact) mass is 182 g/mol. The molecule has 2 heterocycles. The molecule has 0 bridgehead atoms. The van der Waals surface area contributed by atoms with Crippen molar-refractivity contribution in [2.45, 2.75) is 19.4 Å². The van der Waals surface area contributed by atoms with E-state index in [4.69, 9.17) is 4.84 Å². The zero-order chi connectivity index (χ0) is 9.26. The zero-order valence-corrected chi connectivity index (χ0v) is 7.38. The Kier molecular flexibility index (Phi) is 2.24. The van der Waals surface area contributed by atoms with E-state index in [9.17, 15) is 4.39 Å². The lowest BCUT2D eigenvalue weighted by molar-refractivity contribution is 0.0881. The maximum absolute atomic E-state index is 13.1. The number of nitrogens with zero attached hydrogens (tertiary/aromatic N) is 1. The summed E-state index contributed by atoms with van der Waals surface area (Å²) in [6.07, 6.45) is 3.78. The summed E-state index contributed by atoms with van der Waals surface area (Å²) in [5.41, 5.74) is 4.37. The van der Waals surface area contributed by atoms with Crippen LogP contribution in [-0.4, -0.2) is 11.6 Å². The second-order valence-electron chi connectivity index (χ2n) is 3.14. The summed E-state index contributed by atoms with van der Waals surface area (Å²) >= 11 is 0. The lowest BCUT2D eigenvalue weighted by Crippen LogP contribution is -2.13. The van der Waals surface area contributed by atoms with Crippen molar-refractivity contribution >= 4 is 0 Å². The summed E-state index contributed by atoms with van der Waals surface area (Å²) in [5.74, 6) is -0.258. The molecule has 13 heavy (non-hydrogen) atoms. The van der Waals surface area contributed by atoms with Gasteiger partial charge in [0.2, 0.25) is 0 Å². The Hall–Kier alpha value is -1.00. The minimum Gasteiger partial charge on any atom is -0.301 e. The molecule has 0 aromatic carbocycles. The SMILES string of the molecule is Cc1c(F)cncc1[C@@H]1CCON1. The molecule has 0 saturated carbocycles. The van der Waals surface area contributed by atoms with Crippen molar-refractivity contribution in [2.75, 3.05) is 6.61 Å². The number of hydroxylamine groups is 1. The van der Waals surface area contributed by atoms with Crippen LogP contribution in [0.3, 0.4) is 0 Å². The standard InChI is InChI=1S/C9H11FN2O/c1-6-7(4-11-5-8(6)10)9-2-3-13-12-9/h4-5,9,12H,2-3H2,1H3/t9-/m0/s1. The number of hydrogen-bond acceptors (Lipinski definition) is 3. The molecule has 1 atom stereocenters. The summed E-state index contributed by atoms with van der Waals surface area (Å²) in [4.78, 5) is 8.83. The molecule has 2 rings (SSSR count). The average Bonchev–Trinajstić information content (AvgIpc) is 2.62. The third-order valence-electron chi connectivity index (χ3n) is 2.30. The molecule has 0 unspecified atom stereocenters. The number of hydrogen-bond donors (Lipinski definition) is 1. The maximum Gasteiger partial charge on any atom is 0.144 e. The molecule has 1 aliphatic rings. The largest absolute Gasteiger partial charge is 0.301 e. The van der Waals surface area contributed by atoms with E-state index in [1.165, 1.54) is 6.20 Å². The first-order chi connectivity index (χ1) is 6.29. The summed E-state index contributed by atoms with van der Waals surface area (Å²) in [7, 11) is 0. The van der Waals surface area contributed by atoms with Gasteiger partial charge in [-0.2, -0.15) is 5.48 Å². The van der Waals surface area contributed by atoms with Crippen LogP contribution in [0, 0.1) is 12.7 Å². The summed E-state index contributed by atoms with van der Waals surface area (Å²) in [6.45, 7) is 2.42. The van der Waals surface area contributed by atoms with E-state index in [1.807, 2.05) is 0 Å². The van der Waals surface area contributed by atoms with E-state index in [0.29, 0.717) is 12.2 Å². The van der Waals surface area contributed by atoms with Gasteiger partial charge in [0.1, 0.15) is 5.82 Å². The molecule has 1 aromatic rings. The first-order valence-corrected chi connectivity index (χ1v) is 4.26. The van der Waals surface area contributed by atoms with Crippen LogP contribution in [0.25, 0.3) is 0 Å². The molecule has 0 radical (unpaired) electrons. The minimum atomic E-state index is -0.258. The van der Waals surface area contributed by atoms with E-state index in [0.717, 1.165) is 12.0 Å². The summed E-state index contributed by atoms with van der Waals surface area (Å²) in [6, 6.07) is 0.0863. The molecule has 1 saturated heterocycles. The van der Waals surface area contributed by atoms with Gasteiger partial charge in [-0.25, -0.2) is 4.39 Å². The Balaban J connectivity index is 2.33. The first-order valence-electron chi connectivity index (χ1n) is 4.26. The second kappa shape index (κ2) is 3.40. The Labute approximate surface area is 75.9 Å². The quantitative estimate of drug-likeness (QED) is 0.714. The molecule has 3 nitrogen and oxygen atoms in total. The van der Waals surface area contributed by atoms with Gasteiger partial charge in [-0.15, -0.1) is 0 Å². The van der Waals surface area contributed by atoms with Crippen LogP contribution in [0.15, 0.2) is 12.4 Å². The number of halogens is 1. The lowest BCUT2D eigenvalue weighted by Gasteiger charge is -2.11. The van der Waals surface area contributed by atoms with Gasteiger partial charge < -0.3 is 4.84 Å². The minimum absolute atomic E-state index is 0.0863. The first kappa shape index (κ1) is 8.59. The number of aromatic nitrogens is 1. The Morgan fingerprint density at radius 2 is 2.46 bits per heavy atom. The van der Waals surface area contributed by atoms with Crippen molar-refractivity contribution in [3.05, 3.63) is 29.3 Å². The van der Waals surface area contributed by atoms with Crippen LogP contribution in [-0.2, 0) is 4.84 Å². The van der Waals surface area contributed by atoms with E-state index >= 15 is 0 Å². The second-order valence-corrected chi connectivity index (χ2v) is 3.14. The normalized spacial score (nSPS) is 22.2. The van der Waals surface area contributed by atoms with Crippen LogP contribution < -0.4 is 5.48 Å². The third-order valence-corrected chi connectivity index (χ3v) is 2.30. The predicted molar refractivity (Wildman–Crippen MR) is 45.4 cm³/mol. The molecular weight excluding hydrogens is 171 g/mol. The van der Waals surface area contributed by atoms with Crippen molar-refractivity contribution in [2.24, 2.45) is 0 Å². The molecule has 0 amide bonds. The molecule has 70 valence electrons. The Bertz CT molecular complexity index is 310. The zero-order valence-electron chi connectivity index (χ0n) is 7.38. The summed E-state index contributed by atoms with van der Waals surface area (Å²) < 4.78 is 13.1. The summed E-state index contributed by atoms with van der Waals surface area (Å²) in [5, 5.41) is 0. The van der Waals surface area contributed by atoms with Crippen LogP contribution in [0.2, 0.25) is 0 Å². The van der Waals surface area contributed by atoms with Crippen molar-refractivity contribution in [1.82, 2.24) is 10.5 Å². The fraction of sp³-hybridized carbons (Fsp3) is 0.444. The van der Waals surface area contributed by atoms with Crippen LogP contribution >= 0.6 is 0 Å². The highest BCUT2D eigenvalue weighted by atomic mass is 19.1. The average molecular weight is 182 g/mol. The molecule has 4 heteroatoms. The lowest BCUT2D eigenvalue weighted by atomic mass is 10.0. The smallest absolute Gasteiger partial charge is 0.144 e. The van der Waals surface area contributed by atoms with Gasteiger partial charge in [-0.05, 0) is 24.5 Å². The Morgan fingerprint density at radius 3 is 3.15 bits per heavy atom. The van der Waals surface area contributed by atoms with Crippen LogP contribution in [0.5, 0.6) is 0 Å². The van der Waals surface area contributed by atoms with E-state index < -0.39 is 0 Å². The molecule has 1 aliphatic heterocycles. The van der Waals surface area contributed by atoms with Crippen LogP contribution in [0.1, 0.15) is 23.6 Å². The van der Waals surface area contributed by atoms with Gasteiger partial charge in [-0.1, -0.05) is 0 Å². The van der Waals surface area contributed by atoms with Gasteiger partial charge in [0, 0.05) is 6.20 Å². The number of rotatable bonds is 1. The highest BCUT2D eigenvalue weighted by Crippen LogP contribution is 2.24. The molecule has 0 aliphatic carbocycles. The molecule has 0 spiro atoms. The van der Waals surface area contributed by atoms with Gasteiger partial charge in [0.15, 0.2) is 0 Å². The van der Waals surface area contributed by atoms with Crippen LogP contribution in [0.4, 0.5) is 4.39 Å². The fourth-order valence-electron chi connectivity index (χ4n) is 1.48. The molecule has 1 fully saturated rings. The number of nitrogens with one attached hydrogen (secondary N) is 1.